The lowest BCUT2D eigenvalue weighted by atomic mass is 9.62. The van der Waals surface area contributed by atoms with Crippen molar-refractivity contribution in [2.75, 3.05) is 13.1 Å². The molecule has 7 atom stereocenters. The highest BCUT2D eigenvalue weighted by molar-refractivity contribution is 5.14. The predicted molar refractivity (Wildman–Crippen MR) is 122 cm³/mol. The van der Waals surface area contributed by atoms with E-state index in [1.54, 1.807) is 6.08 Å². The van der Waals surface area contributed by atoms with E-state index in [4.69, 9.17) is 5.73 Å². The van der Waals surface area contributed by atoms with Crippen LogP contribution in [-0.2, 0) is 0 Å². The van der Waals surface area contributed by atoms with Gasteiger partial charge in [-0.25, -0.2) is 0 Å². The molecule has 0 radical (unpaired) electrons. The molecule has 3 rings (SSSR count). The van der Waals surface area contributed by atoms with E-state index in [2.05, 4.69) is 52.2 Å². The molecule has 3 aliphatic rings. The molecular weight excluding hydrogens is 340 g/mol. The molecule has 0 aromatic carbocycles. The summed E-state index contributed by atoms with van der Waals surface area (Å²) >= 11 is 0. The number of allylic oxidation sites excluding steroid dienone is 2. The molecule has 0 aromatic heterocycles. The molecule has 3 fully saturated rings. The van der Waals surface area contributed by atoms with E-state index < -0.39 is 0 Å². The van der Waals surface area contributed by atoms with Crippen LogP contribution in [0.4, 0.5) is 0 Å². The fourth-order valence-electron chi connectivity index (χ4n) is 7.30. The number of rotatable bonds is 6. The number of nitrogens with two attached hydrogens (primary N) is 1. The summed E-state index contributed by atoms with van der Waals surface area (Å²) in [6.07, 6.45) is 15.2. The fourth-order valence-corrected chi connectivity index (χ4v) is 7.30. The van der Waals surface area contributed by atoms with Crippen LogP contribution in [0.3, 0.4) is 0 Å². The standard InChI is InChI=1S/C26H46N2/c1-7-23(27)17-20(3)24-11-10-21(4)25(24,5)14-12-22-16-19(2)18-28-15-9-8-13-26(22,28)6/h7,17,19-22,24H,1,8-16,18,27H2,2-6H3/b23-17-/t19?,20?,21?,22?,24?,25-,26+/m0/s1. The Kier molecular flexibility index (Phi) is 6.69. The molecular formula is C26H46N2. The summed E-state index contributed by atoms with van der Waals surface area (Å²) in [7, 11) is 0. The minimum Gasteiger partial charge on any atom is -0.399 e. The summed E-state index contributed by atoms with van der Waals surface area (Å²) in [4.78, 5) is 2.86. The first-order valence-electron chi connectivity index (χ1n) is 12.1. The van der Waals surface area contributed by atoms with E-state index in [1.165, 1.54) is 64.5 Å². The number of hydrogen-bond donors (Lipinski definition) is 1. The normalized spacial score (nSPS) is 43.5. The minimum absolute atomic E-state index is 0.438. The molecule has 5 unspecified atom stereocenters. The van der Waals surface area contributed by atoms with Crippen LogP contribution in [0.2, 0.25) is 0 Å². The van der Waals surface area contributed by atoms with Crippen molar-refractivity contribution in [2.24, 2.45) is 40.7 Å². The Bertz CT molecular complexity index is 581. The van der Waals surface area contributed by atoms with E-state index in [9.17, 15) is 0 Å². The summed E-state index contributed by atoms with van der Waals surface area (Å²) in [5, 5.41) is 0. The van der Waals surface area contributed by atoms with Crippen LogP contribution >= 0.6 is 0 Å². The van der Waals surface area contributed by atoms with Crippen molar-refractivity contribution in [3.05, 3.63) is 24.4 Å². The molecule has 28 heavy (non-hydrogen) atoms. The molecule has 0 amide bonds. The smallest absolute Gasteiger partial charge is 0.0270 e. The highest BCUT2D eigenvalue weighted by Crippen LogP contribution is 2.55. The SMILES string of the molecule is C=C/C(N)=C/C(C)C1CCC(C)[C@]1(C)CCC1CC(C)CN2CCCC[C@]12C. The van der Waals surface area contributed by atoms with Crippen LogP contribution in [0.25, 0.3) is 0 Å². The molecule has 0 spiro atoms. The summed E-state index contributed by atoms with van der Waals surface area (Å²) in [5.74, 6) is 3.83. The third-order valence-corrected chi connectivity index (χ3v) is 9.42. The van der Waals surface area contributed by atoms with Gasteiger partial charge in [-0.3, -0.25) is 4.90 Å². The van der Waals surface area contributed by atoms with Gasteiger partial charge >= 0.3 is 0 Å². The van der Waals surface area contributed by atoms with Gasteiger partial charge in [-0.05, 0) is 99.5 Å². The zero-order valence-electron chi connectivity index (χ0n) is 19.3. The summed E-state index contributed by atoms with van der Waals surface area (Å²) < 4.78 is 0. The molecule has 160 valence electrons. The fraction of sp³-hybridized carbons (Fsp3) is 0.846. The second-order valence-corrected chi connectivity index (χ2v) is 11.2. The van der Waals surface area contributed by atoms with Gasteiger partial charge in [0.1, 0.15) is 0 Å². The quantitative estimate of drug-likeness (QED) is 0.536. The Morgan fingerprint density at radius 3 is 2.71 bits per heavy atom. The van der Waals surface area contributed by atoms with Gasteiger partial charge in [-0.15, -0.1) is 0 Å². The van der Waals surface area contributed by atoms with E-state index in [0.29, 0.717) is 16.9 Å². The number of nitrogens with zero attached hydrogens (tertiary/aromatic N) is 1. The number of fused-ring (bicyclic) bond motifs is 1. The highest BCUT2D eigenvalue weighted by Gasteiger charge is 2.49. The van der Waals surface area contributed by atoms with Gasteiger partial charge in [-0.1, -0.05) is 46.8 Å². The second kappa shape index (κ2) is 8.54. The minimum atomic E-state index is 0.438. The van der Waals surface area contributed by atoms with Crippen molar-refractivity contribution in [3.63, 3.8) is 0 Å². The van der Waals surface area contributed by atoms with E-state index in [-0.39, 0.29) is 0 Å². The van der Waals surface area contributed by atoms with E-state index in [0.717, 1.165) is 29.4 Å². The Balaban J connectivity index is 1.74. The van der Waals surface area contributed by atoms with Gasteiger partial charge < -0.3 is 5.73 Å². The van der Waals surface area contributed by atoms with E-state index >= 15 is 0 Å². The number of piperidine rings is 2. The summed E-state index contributed by atoms with van der Waals surface area (Å²) in [6.45, 7) is 19.1. The maximum absolute atomic E-state index is 6.10. The van der Waals surface area contributed by atoms with Gasteiger partial charge in [0.25, 0.3) is 0 Å². The zero-order chi connectivity index (χ0) is 20.5. The third kappa shape index (κ3) is 4.09. The molecule has 2 nitrogen and oxygen atoms in total. The molecule has 2 aliphatic heterocycles. The van der Waals surface area contributed by atoms with Gasteiger partial charge in [0.2, 0.25) is 0 Å². The van der Waals surface area contributed by atoms with Crippen LogP contribution in [-0.4, -0.2) is 23.5 Å². The van der Waals surface area contributed by atoms with Crippen molar-refractivity contribution in [3.8, 4) is 0 Å². The Morgan fingerprint density at radius 2 is 2.00 bits per heavy atom. The van der Waals surface area contributed by atoms with Gasteiger partial charge in [0, 0.05) is 17.8 Å². The first-order chi connectivity index (χ1) is 13.2. The Hall–Kier alpha value is -0.760. The van der Waals surface area contributed by atoms with Gasteiger partial charge in [0.15, 0.2) is 0 Å². The highest BCUT2D eigenvalue weighted by atomic mass is 15.2. The molecule has 2 heteroatoms. The molecule has 1 saturated carbocycles. The molecule has 0 aromatic rings. The van der Waals surface area contributed by atoms with Gasteiger partial charge in [0.05, 0.1) is 0 Å². The lowest BCUT2D eigenvalue weighted by Gasteiger charge is -2.55. The van der Waals surface area contributed by atoms with Crippen molar-refractivity contribution >= 4 is 0 Å². The lowest BCUT2D eigenvalue weighted by Crippen LogP contribution is -2.59. The second-order valence-electron chi connectivity index (χ2n) is 11.2. The van der Waals surface area contributed by atoms with Crippen LogP contribution in [0.5, 0.6) is 0 Å². The van der Waals surface area contributed by atoms with E-state index in [1.807, 2.05) is 0 Å². The molecule has 2 heterocycles. The first-order valence-corrected chi connectivity index (χ1v) is 12.1. The van der Waals surface area contributed by atoms with Crippen molar-refractivity contribution in [1.29, 1.82) is 0 Å². The van der Waals surface area contributed by atoms with Crippen molar-refractivity contribution in [1.82, 2.24) is 4.90 Å². The Morgan fingerprint density at radius 1 is 1.25 bits per heavy atom. The Labute approximate surface area is 175 Å². The topological polar surface area (TPSA) is 29.3 Å². The third-order valence-electron chi connectivity index (χ3n) is 9.42. The average molecular weight is 387 g/mol. The molecule has 2 N–H and O–H groups in total. The lowest BCUT2D eigenvalue weighted by molar-refractivity contribution is -0.0516. The predicted octanol–water partition coefficient (Wildman–Crippen LogP) is 6.38. The van der Waals surface area contributed by atoms with Crippen LogP contribution in [0.1, 0.15) is 86.0 Å². The summed E-state index contributed by atoms with van der Waals surface area (Å²) in [5.41, 5.74) is 7.84. The van der Waals surface area contributed by atoms with Gasteiger partial charge in [-0.2, -0.15) is 0 Å². The van der Waals surface area contributed by atoms with Crippen LogP contribution < -0.4 is 5.73 Å². The monoisotopic (exact) mass is 386 g/mol. The molecule has 0 bridgehead atoms. The molecule has 2 saturated heterocycles. The first kappa shape index (κ1) is 21.9. The summed E-state index contributed by atoms with van der Waals surface area (Å²) in [6, 6.07) is 0. The van der Waals surface area contributed by atoms with Crippen molar-refractivity contribution < 1.29 is 0 Å². The largest absolute Gasteiger partial charge is 0.399 e. The maximum atomic E-state index is 6.10. The number of hydrogen-bond acceptors (Lipinski definition) is 2. The van der Waals surface area contributed by atoms with Crippen LogP contribution in [0.15, 0.2) is 24.4 Å². The zero-order valence-corrected chi connectivity index (χ0v) is 19.3. The average Bonchev–Trinajstić information content (AvgIpc) is 2.95. The maximum Gasteiger partial charge on any atom is 0.0270 e. The van der Waals surface area contributed by atoms with Crippen LogP contribution in [0, 0.1) is 35.0 Å². The van der Waals surface area contributed by atoms with Crippen molar-refractivity contribution in [2.45, 2.75) is 91.5 Å². The molecule has 1 aliphatic carbocycles.